The lowest BCUT2D eigenvalue weighted by Crippen LogP contribution is -2.30. The topological polar surface area (TPSA) is 237 Å². The molecule has 0 saturated carbocycles. The first-order chi connectivity index (χ1) is 55.4. The lowest BCUT2D eigenvalue weighted by molar-refractivity contribution is -0.161. The highest BCUT2D eigenvalue weighted by molar-refractivity contribution is 7.47. The predicted octanol–water partition coefficient (Wildman–Crippen LogP) is 29.7. The zero-order valence-corrected chi connectivity index (χ0v) is 77.2. The Balaban J connectivity index is 5.24. The summed E-state index contributed by atoms with van der Waals surface area (Å²) in [6, 6.07) is 0. The number of hydrogen-bond acceptors (Lipinski definition) is 15. The third-order valence-corrected chi connectivity index (χ3v) is 24.7. The number of ether oxygens (including phenoxy) is 4. The molecule has 678 valence electrons. The molecule has 0 aliphatic rings. The molecule has 0 rings (SSSR count). The Morgan fingerprint density at radius 3 is 0.667 bits per heavy atom. The zero-order chi connectivity index (χ0) is 83.4. The summed E-state index contributed by atoms with van der Waals surface area (Å²) in [6.07, 6.45) is 82.1. The Morgan fingerprint density at radius 2 is 0.447 bits per heavy atom. The number of hydrogen-bond donors (Lipinski definition) is 3. The molecule has 0 heterocycles. The first-order valence-electron chi connectivity index (χ1n) is 49.0. The number of aliphatic hydroxyl groups is 1. The maximum absolute atomic E-state index is 13.2. The lowest BCUT2D eigenvalue weighted by Gasteiger charge is -2.21. The van der Waals surface area contributed by atoms with Gasteiger partial charge in [-0.15, -0.1) is 0 Å². The molecule has 0 fully saturated rings. The maximum Gasteiger partial charge on any atom is 0.472 e. The molecule has 3 unspecified atom stereocenters. The Hall–Kier alpha value is -1.94. The van der Waals surface area contributed by atoms with Crippen molar-refractivity contribution in [2.24, 2.45) is 11.8 Å². The van der Waals surface area contributed by atoms with Crippen molar-refractivity contribution in [3.8, 4) is 0 Å². The number of esters is 4. The van der Waals surface area contributed by atoms with Gasteiger partial charge in [-0.1, -0.05) is 465 Å². The van der Waals surface area contributed by atoms with Crippen molar-refractivity contribution in [2.75, 3.05) is 39.6 Å². The minimum atomic E-state index is -4.97. The van der Waals surface area contributed by atoms with E-state index in [-0.39, 0.29) is 25.7 Å². The van der Waals surface area contributed by atoms with Crippen LogP contribution in [0.2, 0.25) is 0 Å². The molecule has 0 saturated heterocycles. The molecule has 3 N–H and O–H groups in total. The van der Waals surface area contributed by atoms with Crippen LogP contribution >= 0.6 is 15.6 Å². The largest absolute Gasteiger partial charge is 0.472 e. The van der Waals surface area contributed by atoms with Gasteiger partial charge in [0.05, 0.1) is 26.4 Å². The van der Waals surface area contributed by atoms with Gasteiger partial charge < -0.3 is 33.8 Å². The van der Waals surface area contributed by atoms with E-state index in [1.54, 1.807) is 0 Å². The predicted molar refractivity (Wildman–Crippen MR) is 474 cm³/mol. The van der Waals surface area contributed by atoms with Gasteiger partial charge in [-0.2, -0.15) is 0 Å². The molecule has 0 aliphatic heterocycles. The van der Waals surface area contributed by atoms with Crippen molar-refractivity contribution in [1.29, 1.82) is 0 Å². The van der Waals surface area contributed by atoms with Crippen LogP contribution < -0.4 is 0 Å². The molecular formula is C95H186O17P2. The van der Waals surface area contributed by atoms with E-state index in [1.165, 1.54) is 334 Å². The third-order valence-electron chi connectivity index (χ3n) is 22.8. The number of phosphoric ester groups is 2. The molecule has 0 radical (unpaired) electrons. The molecule has 0 amide bonds. The van der Waals surface area contributed by atoms with Gasteiger partial charge in [0.1, 0.15) is 19.3 Å². The smallest absolute Gasteiger partial charge is 0.462 e. The van der Waals surface area contributed by atoms with Crippen LogP contribution in [0.4, 0.5) is 0 Å². The van der Waals surface area contributed by atoms with Crippen LogP contribution in [0.5, 0.6) is 0 Å². The minimum absolute atomic E-state index is 0.109. The van der Waals surface area contributed by atoms with Crippen LogP contribution in [0.3, 0.4) is 0 Å². The summed E-state index contributed by atoms with van der Waals surface area (Å²) in [6.45, 7) is 9.77. The van der Waals surface area contributed by atoms with Crippen molar-refractivity contribution in [2.45, 2.75) is 535 Å². The fraction of sp³-hybridized carbons (Fsp3) is 0.958. The van der Waals surface area contributed by atoms with Crippen molar-refractivity contribution in [1.82, 2.24) is 0 Å². The second-order valence-electron chi connectivity index (χ2n) is 34.8. The molecule has 0 aromatic rings. The molecule has 19 heteroatoms. The monoisotopic (exact) mass is 1660 g/mol. The first-order valence-corrected chi connectivity index (χ1v) is 52.0. The fourth-order valence-corrected chi connectivity index (χ4v) is 16.6. The minimum Gasteiger partial charge on any atom is -0.462 e. The van der Waals surface area contributed by atoms with Gasteiger partial charge in [0, 0.05) is 25.7 Å². The van der Waals surface area contributed by atoms with E-state index < -0.39 is 97.5 Å². The number of rotatable bonds is 94. The number of carbonyl (C=O) groups is 4. The molecule has 0 spiro atoms. The summed E-state index contributed by atoms with van der Waals surface area (Å²) in [5.41, 5.74) is 0. The third kappa shape index (κ3) is 86.4. The van der Waals surface area contributed by atoms with Gasteiger partial charge in [0.2, 0.25) is 0 Å². The standard InChI is InChI=1S/C95H186O17P2/c1-7-10-12-14-16-18-20-22-24-26-28-29-30-32-38-42-46-50-54-62-68-73-79-94(99)111-90(83-105-92(97)77-71-65-59-52-48-44-40-36-34-33-35-39-43-47-51-57-63-69-75-87(4)5)85-109-113(101,102)107-81-89(96)82-108-114(103,104)110-86-91(84-106-93(98)78-72-66-60-56-55-58-64-70-76-88(6)9-3)112-95(100)80-74-67-61-53-49-45-41-37-31-27-25-23-21-19-17-15-13-11-8-2/h87-91,96H,7-86H2,1-6H3,(H,101,102)(H,103,104)/t88?,89-,90-,91-/m1/s1. The second-order valence-corrected chi connectivity index (χ2v) is 37.7. The molecule has 0 aromatic carbocycles. The van der Waals surface area contributed by atoms with Crippen molar-refractivity contribution in [3.63, 3.8) is 0 Å². The Labute approximate surface area is 702 Å². The van der Waals surface area contributed by atoms with Crippen molar-refractivity contribution in [3.05, 3.63) is 0 Å². The maximum atomic E-state index is 13.2. The lowest BCUT2D eigenvalue weighted by atomic mass is 9.99. The highest BCUT2D eigenvalue weighted by Crippen LogP contribution is 2.45. The molecular weight excluding hydrogens is 1470 g/mol. The molecule has 114 heavy (non-hydrogen) atoms. The van der Waals surface area contributed by atoms with Gasteiger partial charge >= 0.3 is 39.5 Å². The number of aliphatic hydroxyl groups excluding tert-OH is 1. The van der Waals surface area contributed by atoms with Gasteiger partial charge in [0.25, 0.3) is 0 Å². The fourth-order valence-electron chi connectivity index (χ4n) is 15.0. The summed E-state index contributed by atoms with van der Waals surface area (Å²) >= 11 is 0. The van der Waals surface area contributed by atoms with Crippen LogP contribution in [0.15, 0.2) is 0 Å². The van der Waals surface area contributed by atoms with Gasteiger partial charge in [0.15, 0.2) is 12.2 Å². The van der Waals surface area contributed by atoms with Crippen molar-refractivity contribution >= 4 is 39.5 Å². The van der Waals surface area contributed by atoms with Crippen LogP contribution in [-0.4, -0.2) is 96.7 Å². The van der Waals surface area contributed by atoms with Crippen LogP contribution in [0.1, 0.15) is 517 Å². The quantitative estimate of drug-likeness (QED) is 0.0222. The number of phosphoric acid groups is 2. The van der Waals surface area contributed by atoms with Crippen LogP contribution in [-0.2, 0) is 65.4 Å². The highest BCUT2D eigenvalue weighted by atomic mass is 31.2. The molecule has 0 bridgehead atoms. The van der Waals surface area contributed by atoms with Gasteiger partial charge in [-0.3, -0.25) is 37.3 Å². The van der Waals surface area contributed by atoms with Gasteiger partial charge in [-0.25, -0.2) is 9.13 Å². The Kier molecular flexibility index (Phi) is 84.6. The Morgan fingerprint density at radius 1 is 0.254 bits per heavy atom. The van der Waals surface area contributed by atoms with Gasteiger partial charge in [-0.05, 0) is 37.5 Å². The van der Waals surface area contributed by atoms with Crippen molar-refractivity contribution < 1.29 is 80.2 Å². The summed E-state index contributed by atoms with van der Waals surface area (Å²) in [7, 11) is -9.94. The first kappa shape index (κ1) is 112. The van der Waals surface area contributed by atoms with Crippen LogP contribution in [0, 0.1) is 11.8 Å². The summed E-state index contributed by atoms with van der Waals surface area (Å²) in [4.78, 5) is 73.6. The van der Waals surface area contributed by atoms with E-state index in [2.05, 4.69) is 41.5 Å². The highest BCUT2D eigenvalue weighted by Gasteiger charge is 2.31. The zero-order valence-electron chi connectivity index (χ0n) is 75.4. The average molecular weight is 1660 g/mol. The number of unbranched alkanes of at least 4 members (excludes halogenated alkanes) is 63. The van der Waals surface area contributed by atoms with E-state index >= 15 is 0 Å². The molecule has 0 aliphatic carbocycles. The molecule has 6 atom stereocenters. The summed E-state index contributed by atoms with van der Waals surface area (Å²) in [5.74, 6) is -0.492. The molecule has 17 nitrogen and oxygen atoms in total. The van der Waals surface area contributed by atoms with Crippen LogP contribution in [0.25, 0.3) is 0 Å². The van der Waals surface area contributed by atoms with E-state index in [4.69, 9.17) is 37.0 Å². The molecule has 0 aromatic heterocycles. The average Bonchev–Trinajstić information content (AvgIpc) is 0.898. The van der Waals surface area contributed by atoms with E-state index in [0.717, 1.165) is 102 Å². The summed E-state index contributed by atoms with van der Waals surface area (Å²) in [5, 5.41) is 10.7. The number of carbonyl (C=O) groups excluding carboxylic acids is 4. The Bertz CT molecular complexity index is 2170. The van der Waals surface area contributed by atoms with E-state index in [1.807, 2.05) is 0 Å². The van der Waals surface area contributed by atoms with E-state index in [0.29, 0.717) is 25.7 Å². The SMILES string of the molecule is CCCCCCCCCCCCCCCCCCCCCCCCC(=O)O[C@H](COC(=O)CCCCCCCCCCCCCCCCCCCCC(C)C)COP(=O)(O)OC[C@@H](O)COP(=O)(O)OC[C@@H](COC(=O)CCCCCCCCCCC(C)CC)OC(=O)CCCCCCCCCCCCCCCCCCCCC. The second kappa shape index (κ2) is 86.0. The summed E-state index contributed by atoms with van der Waals surface area (Å²) < 4.78 is 69.2. The normalized spacial score (nSPS) is 13.9. The van der Waals surface area contributed by atoms with E-state index in [9.17, 15) is 43.2 Å².